The fraction of sp³-hybridized carbons (Fsp3) is 0.474. The molecule has 0 aliphatic carbocycles. The average Bonchev–Trinajstić information content (AvgIpc) is 2.59. The molecular formula is C19H22Cl2N2O. The zero-order valence-electron chi connectivity index (χ0n) is 13.8. The zero-order valence-corrected chi connectivity index (χ0v) is 15.4. The maximum absolute atomic E-state index is 12.7. The lowest BCUT2D eigenvalue weighted by Crippen LogP contribution is -2.35. The van der Waals surface area contributed by atoms with Crippen LogP contribution in [0.4, 0.5) is 0 Å². The molecule has 5 heteroatoms. The average molecular weight is 365 g/mol. The van der Waals surface area contributed by atoms with E-state index in [4.69, 9.17) is 23.4 Å². The molecule has 1 fully saturated rings. The molecule has 3 nitrogen and oxygen atoms in total. The topological polar surface area (TPSA) is 33.2 Å². The molecule has 1 saturated heterocycles. The number of halogens is 2. The quantitative estimate of drug-likeness (QED) is 0.529. The number of ketones is 1. The van der Waals surface area contributed by atoms with E-state index < -0.39 is 0 Å². The molecule has 2 atom stereocenters. The Labute approximate surface area is 153 Å². The number of pyridine rings is 1. The molecule has 24 heavy (non-hydrogen) atoms. The highest BCUT2D eigenvalue weighted by Crippen LogP contribution is 2.31. The summed E-state index contributed by atoms with van der Waals surface area (Å²) < 4.78 is 1.88. The number of hydrogen-bond donors (Lipinski definition) is 0. The Morgan fingerprint density at radius 1 is 1.33 bits per heavy atom. The predicted octanol–water partition coefficient (Wildman–Crippen LogP) is 5.35. The van der Waals surface area contributed by atoms with Crippen molar-refractivity contribution in [2.75, 3.05) is 13.1 Å². The summed E-state index contributed by atoms with van der Waals surface area (Å²) in [5, 5.41) is 1.52. The first-order valence-electron chi connectivity index (χ1n) is 8.56. The molecule has 0 spiro atoms. The van der Waals surface area contributed by atoms with Crippen LogP contribution < -0.4 is 0 Å². The fourth-order valence-corrected chi connectivity index (χ4v) is 4.14. The highest BCUT2D eigenvalue weighted by atomic mass is 35.5. The second-order valence-electron chi connectivity index (χ2n) is 6.57. The monoisotopic (exact) mass is 364 g/mol. The molecule has 0 unspecified atom stereocenters. The third kappa shape index (κ3) is 3.90. The first kappa shape index (κ1) is 17.7. The molecular weight excluding hydrogens is 343 g/mol. The Hall–Kier alpha value is -1.16. The van der Waals surface area contributed by atoms with Crippen molar-refractivity contribution in [3.8, 4) is 0 Å². The van der Waals surface area contributed by atoms with E-state index in [1.54, 1.807) is 12.3 Å². The maximum atomic E-state index is 12.7. The van der Waals surface area contributed by atoms with Gasteiger partial charge in [-0.3, -0.25) is 9.78 Å². The summed E-state index contributed by atoms with van der Waals surface area (Å²) in [6.07, 6.45) is 5.37. The molecule has 0 saturated carbocycles. The Morgan fingerprint density at radius 3 is 2.96 bits per heavy atom. The van der Waals surface area contributed by atoms with Gasteiger partial charge in [-0.05, 0) is 54.7 Å². The molecule has 0 radical (unpaired) electrons. The Morgan fingerprint density at radius 2 is 2.17 bits per heavy atom. The van der Waals surface area contributed by atoms with Gasteiger partial charge in [-0.1, -0.05) is 31.0 Å². The van der Waals surface area contributed by atoms with Crippen LogP contribution in [-0.4, -0.2) is 28.3 Å². The van der Waals surface area contributed by atoms with E-state index in [-0.39, 0.29) is 5.78 Å². The Bertz CT molecular complexity index is 734. The predicted molar refractivity (Wildman–Crippen MR) is 99.6 cm³/mol. The molecule has 2 heterocycles. The van der Waals surface area contributed by atoms with Crippen molar-refractivity contribution >= 4 is 40.1 Å². The third-order valence-electron chi connectivity index (χ3n) is 5.11. The van der Waals surface area contributed by atoms with Crippen molar-refractivity contribution in [2.45, 2.75) is 32.6 Å². The van der Waals surface area contributed by atoms with Crippen LogP contribution >= 0.6 is 23.4 Å². The minimum absolute atomic E-state index is 0.188. The first-order chi connectivity index (χ1) is 11.6. The van der Waals surface area contributed by atoms with Gasteiger partial charge in [-0.15, -0.1) is 0 Å². The van der Waals surface area contributed by atoms with E-state index in [0.29, 0.717) is 23.3 Å². The fourth-order valence-electron chi connectivity index (χ4n) is 3.69. The third-order valence-corrected chi connectivity index (χ3v) is 5.66. The van der Waals surface area contributed by atoms with Gasteiger partial charge in [0.1, 0.15) is 0 Å². The molecule has 2 aromatic rings. The number of aromatic nitrogens is 1. The Balaban J connectivity index is 1.71. The molecule has 0 N–H and O–H groups in total. The van der Waals surface area contributed by atoms with Crippen LogP contribution in [0, 0.1) is 11.8 Å². The summed E-state index contributed by atoms with van der Waals surface area (Å²) in [5.41, 5.74) is 1.52. The van der Waals surface area contributed by atoms with Gasteiger partial charge in [-0.25, -0.2) is 4.42 Å². The van der Waals surface area contributed by atoms with Gasteiger partial charge in [0.2, 0.25) is 0 Å². The van der Waals surface area contributed by atoms with Gasteiger partial charge in [0.25, 0.3) is 0 Å². The van der Waals surface area contributed by atoms with Crippen molar-refractivity contribution in [3.63, 3.8) is 0 Å². The molecule has 0 amide bonds. The van der Waals surface area contributed by atoms with Crippen molar-refractivity contribution in [3.05, 3.63) is 41.0 Å². The normalized spacial score (nSPS) is 22.0. The molecule has 128 valence electrons. The molecule has 0 bridgehead atoms. The summed E-state index contributed by atoms with van der Waals surface area (Å²) in [7, 11) is 0. The van der Waals surface area contributed by atoms with E-state index in [2.05, 4.69) is 11.9 Å². The lowest BCUT2D eigenvalue weighted by Gasteiger charge is -2.34. The van der Waals surface area contributed by atoms with Crippen LogP contribution in [0.5, 0.6) is 0 Å². The van der Waals surface area contributed by atoms with Crippen molar-refractivity contribution in [1.82, 2.24) is 9.40 Å². The van der Waals surface area contributed by atoms with Crippen molar-refractivity contribution in [1.29, 1.82) is 0 Å². The number of nitrogens with zero attached hydrogens (tertiary/aromatic N) is 2. The zero-order chi connectivity index (χ0) is 17.1. The van der Waals surface area contributed by atoms with Gasteiger partial charge in [0.05, 0.1) is 5.52 Å². The van der Waals surface area contributed by atoms with Crippen molar-refractivity contribution < 1.29 is 4.79 Å². The van der Waals surface area contributed by atoms with Crippen LogP contribution in [0.25, 0.3) is 10.9 Å². The van der Waals surface area contributed by atoms with Crippen LogP contribution in [0.3, 0.4) is 0 Å². The second-order valence-corrected chi connectivity index (χ2v) is 7.48. The number of hydrogen-bond acceptors (Lipinski definition) is 3. The van der Waals surface area contributed by atoms with Crippen LogP contribution in [0.1, 0.15) is 43.0 Å². The van der Waals surface area contributed by atoms with Gasteiger partial charge >= 0.3 is 0 Å². The molecule has 1 aliphatic rings. The van der Waals surface area contributed by atoms with Gasteiger partial charge in [0, 0.05) is 41.7 Å². The molecule has 1 aromatic carbocycles. The highest BCUT2D eigenvalue weighted by molar-refractivity contribution is 6.31. The van der Waals surface area contributed by atoms with E-state index in [9.17, 15) is 4.79 Å². The summed E-state index contributed by atoms with van der Waals surface area (Å²) in [6, 6.07) is 7.32. The smallest absolute Gasteiger partial charge is 0.163 e. The lowest BCUT2D eigenvalue weighted by atomic mass is 9.81. The van der Waals surface area contributed by atoms with E-state index in [1.165, 1.54) is 0 Å². The molecule has 1 aromatic heterocycles. The SMILES string of the molecule is CC[C@H]1CN(Cl)CC[C@H]1CCC(=O)c1ccnc2cc(Cl)ccc12. The van der Waals surface area contributed by atoms with Crippen LogP contribution in [0.2, 0.25) is 5.02 Å². The number of benzene rings is 1. The number of carbonyl (C=O) groups is 1. The number of piperidine rings is 1. The summed E-state index contributed by atoms with van der Waals surface area (Å²) in [4.78, 5) is 17.1. The standard InChI is InChI=1S/C19H22Cl2N2O/c1-2-13-12-23(21)10-8-14(13)3-6-19(24)17-7-9-22-18-11-15(20)4-5-16(17)18/h4-5,7,9,11,13-14H,2-3,6,8,10,12H2,1H3/t13-,14+/m0/s1. The molecule has 3 rings (SSSR count). The highest BCUT2D eigenvalue weighted by Gasteiger charge is 2.27. The van der Waals surface area contributed by atoms with Crippen LogP contribution in [-0.2, 0) is 0 Å². The molecule has 1 aliphatic heterocycles. The van der Waals surface area contributed by atoms with Gasteiger partial charge < -0.3 is 0 Å². The summed E-state index contributed by atoms with van der Waals surface area (Å²) >= 11 is 12.2. The van der Waals surface area contributed by atoms with Gasteiger partial charge in [-0.2, -0.15) is 0 Å². The van der Waals surface area contributed by atoms with Crippen LogP contribution in [0.15, 0.2) is 30.5 Å². The number of fused-ring (bicyclic) bond motifs is 1. The maximum Gasteiger partial charge on any atom is 0.163 e. The van der Waals surface area contributed by atoms with E-state index >= 15 is 0 Å². The van der Waals surface area contributed by atoms with Crippen molar-refractivity contribution in [2.24, 2.45) is 11.8 Å². The van der Waals surface area contributed by atoms with E-state index in [0.717, 1.165) is 48.8 Å². The summed E-state index contributed by atoms with van der Waals surface area (Å²) in [6.45, 7) is 4.04. The Kier molecular flexibility index (Phi) is 5.75. The number of Topliss-reactive ketones (excluding diaryl/α,β-unsaturated/α-hetero) is 1. The summed E-state index contributed by atoms with van der Waals surface area (Å²) in [5.74, 6) is 1.35. The number of rotatable bonds is 5. The minimum Gasteiger partial charge on any atom is -0.294 e. The minimum atomic E-state index is 0.188. The first-order valence-corrected chi connectivity index (χ1v) is 9.28. The second kappa shape index (κ2) is 7.81. The van der Waals surface area contributed by atoms with Gasteiger partial charge in [0.15, 0.2) is 5.78 Å². The number of carbonyl (C=O) groups excluding carboxylic acids is 1. The lowest BCUT2D eigenvalue weighted by molar-refractivity contribution is 0.0954. The van der Waals surface area contributed by atoms with E-state index in [1.807, 2.05) is 22.6 Å². The largest absolute Gasteiger partial charge is 0.294 e.